The molecule has 360 valence electrons. The number of unbranched alkanes of at least 4 members (excludes halogenated alkanes) is 4. The molecule has 0 radical (unpaired) electrons. The van der Waals surface area contributed by atoms with Crippen LogP contribution in [0, 0.1) is 11.8 Å². The zero-order chi connectivity index (χ0) is 44.5. The Kier molecular flexibility index (Phi) is 25.4. The predicted octanol–water partition coefficient (Wildman–Crippen LogP) is 1.80. The first-order valence-corrected chi connectivity index (χ1v) is 23.5. The molecule has 2 saturated heterocycles. The number of piperidine rings is 2. The summed E-state index contributed by atoms with van der Waals surface area (Å²) >= 11 is 0. The van der Waals surface area contributed by atoms with E-state index in [0.29, 0.717) is 38.8 Å². The standard InChI is InChI=1S/C25H39N3O4.C23H35N3O4.Li.2H2O/c1-3-32-24(30)22(18-19(2)29)25(31)12-16-28(17-13-25)15-6-4-5-9-21-11-10-20-8-7-14-26-23(20)27-21;1-17(27)16-20(22(28)29)23(30)10-14-26(15-11-23)13-4-2-3-7-19-9-8-18-6-5-12-24-21(18)25-19;;;/h10-11,22,31H,3-9,12-18H2,1-2H3,(H,26,27);8-9,20,30H,2-7,10-16H2,1H3,(H,24,25)(H,28,29);;2*1H2/q;;+1;;/p-1. The number of likely N-dealkylation sites (tertiary alicyclic amines) is 2. The van der Waals surface area contributed by atoms with Crippen LogP contribution in [0.25, 0.3) is 0 Å². The summed E-state index contributed by atoms with van der Waals surface area (Å²) in [5.74, 6) is -1.46. The molecular weight excluding hydrogens is 828 g/mol. The molecular formula is C48H77LiN6O10. The average Bonchev–Trinajstić information content (AvgIpc) is 3.26. The summed E-state index contributed by atoms with van der Waals surface area (Å²) in [5, 5.41) is 38.2. The van der Waals surface area contributed by atoms with Crippen LogP contribution in [0.5, 0.6) is 0 Å². The topological polar surface area (TPSA) is 256 Å². The van der Waals surface area contributed by atoms with Crippen molar-refractivity contribution in [3.05, 3.63) is 46.8 Å². The molecule has 0 spiro atoms. The van der Waals surface area contributed by atoms with Gasteiger partial charge in [0.05, 0.1) is 29.6 Å². The second kappa shape index (κ2) is 28.7. The Morgan fingerprint density at radius 2 is 1.11 bits per heavy atom. The molecule has 2 aromatic rings. The molecule has 6 rings (SSSR count). The van der Waals surface area contributed by atoms with Crippen molar-refractivity contribution >= 4 is 35.1 Å². The normalized spacial score (nSPS) is 18.4. The summed E-state index contributed by atoms with van der Waals surface area (Å²) in [6, 6.07) is 8.74. The van der Waals surface area contributed by atoms with Crippen LogP contribution in [0.2, 0.25) is 0 Å². The number of fused-ring (bicyclic) bond motifs is 2. The number of hydrogen-bond donors (Lipinski definition) is 5. The Labute approximate surface area is 398 Å². The second-order valence-corrected chi connectivity index (χ2v) is 18.2. The number of nitrogens with one attached hydrogen (secondary N) is 2. The number of aliphatic hydroxyl groups is 2. The van der Waals surface area contributed by atoms with Gasteiger partial charge in [-0.2, -0.15) is 0 Å². The van der Waals surface area contributed by atoms with Crippen LogP contribution in [-0.4, -0.2) is 140 Å². The molecule has 8 N–H and O–H groups in total. The smallest absolute Gasteiger partial charge is 0.870 e. The van der Waals surface area contributed by atoms with Crippen LogP contribution < -0.4 is 29.5 Å². The molecule has 0 aliphatic carbocycles. The molecule has 6 heterocycles. The number of hydrogen-bond acceptors (Lipinski definition) is 14. The minimum atomic E-state index is -1.28. The first-order valence-electron chi connectivity index (χ1n) is 23.5. The largest absolute Gasteiger partial charge is 1.00 e. The third-order valence-electron chi connectivity index (χ3n) is 13.3. The van der Waals surface area contributed by atoms with E-state index in [-0.39, 0.29) is 60.8 Å². The van der Waals surface area contributed by atoms with Crippen molar-refractivity contribution in [3.8, 4) is 0 Å². The van der Waals surface area contributed by atoms with Crippen molar-refractivity contribution in [2.24, 2.45) is 11.8 Å². The van der Waals surface area contributed by atoms with E-state index in [1.54, 1.807) is 6.92 Å². The molecule has 2 atom stereocenters. The van der Waals surface area contributed by atoms with Gasteiger partial charge in [0, 0.05) is 63.5 Å². The van der Waals surface area contributed by atoms with Crippen LogP contribution in [0.4, 0.5) is 11.6 Å². The number of anilines is 2. The maximum Gasteiger partial charge on any atom is 1.00 e. The van der Waals surface area contributed by atoms with Crippen molar-refractivity contribution in [3.63, 3.8) is 0 Å². The quantitative estimate of drug-likeness (QED) is 0.0680. The van der Waals surface area contributed by atoms with E-state index in [1.807, 2.05) is 0 Å². The van der Waals surface area contributed by atoms with Gasteiger partial charge in [-0.05, 0) is 147 Å². The number of pyridine rings is 2. The van der Waals surface area contributed by atoms with Crippen molar-refractivity contribution in [1.29, 1.82) is 0 Å². The van der Waals surface area contributed by atoms with Crippen LogP contribution in [-0.2, 0) is 49.6 Å². The summed E-state index contributed by atoms with van der Waals surface area (Å²) in [5.41, 5.74) is 2.54. The van der Waals surface area contributed by atoms with Gasteiger partial charge >= 0.3 is 30.8 Å². The molecule has 4 aliphatic rings. The molecule has 2 fully saturated rings. The number of carboxylic acids is 1. The molecule has 0 saturated carbocycles. The monoisotopic (exact) mass is 905 g/mol. The fraction of sp³-hybridized carbons (Fsp3) is 0.708. The number of carboxylic acid groups (broad SMARTS) is 1. The zero-order valence-corrected chi connectivity index (χ0v) is 39.7. The van der Waals surface area contributed by atoms with Gasteiger partial charge in [-0.25, -0.2) is 9.97 Å². The number of ether oxygens (including phenoxy) is 1. The van der Waals surface area contributed by atoms with E-state index in [1.165, 1.54) is 37.8 Å². The Balaban J connectivity index is 0.000000428. The molecule has 16 nitrogen and oxygen atoms in total. The van der Waals surface area contributed by atoms with Crippen LogP contribution in [0.1, 0.15) is 133 Å². The summed E-state index contributed by atoms with van der Waals surface area (Å²) in [4.78, 5) is 61.1. The Hall–Kier alpha value is -3.46. The van der Waals surface area contributed by atoms with Crippen molar-refractivity contribution in [2.75, 3.05) is 69.6 Å². The van der Waals surface area contributed by atoms with E-state index in [2.05, 4.69) is 44.7 Å². The van der Waals surface area contributed by atoms with Gasteiger partial charge < -0.3 is 61.0 Å². The maximum absolute atomic E-state index is 12.3. The summed E-state index contributed by atoms with van der Waals surface area (Å²) in [6.45, 7) is 11.6. The van der Waals surface area contributed by atoms with E-state index >= 15 is 0 Å². The molecule has 0 aromatic carbocycles. The minimum absolute atomic E-state index is 0. The van der Waals surface area contributed by atoms with Crippen molar-refractivity contribution in [2.45, 2.75) is 148 Å². The molecule has 17 heteroatoms. The fourth-order valence-electron chi connectivity index (χ4n) is 9.49. The van der Waals surface area contributed by atoms with Gasteiger partial charge in [0.25, 0.3) is 0 Å². The Bertz CT molecular complexity index is 1790. The number of carbonyl (C=O) groups excluding carboxylic acids is 3. The molecule has 2 unspecified atom stereocenters. The Morgan fingerprint density at radius 1 is 0.692 bits per heavy atom. The van der Waals surface area contributed by atoms with Gasteiger partial charge in [0.15, 0.2) is 0 Å². The third-order valence-corrected chi connectivity index (χ3v) is 13.3. The first kappa shape index (κ1) is 57.7. The van der Waals surface area contributed by atoms with Crippen LogP contribution >= 0.6 is 0 Å². The fourth-order valence-corrected chi connectivity index (χ4v) is 9.49. The number of rotatable bonds is 21. The summed E-state index contributed by atoms with van der Waals surface area (Å²) < 4.78 is 5.14. The van der Waals surface area contributed by atoms with Crippen molar-refractivity contribution in [1.82, 2.24) is 19.8 Å². The number of nitrogens with zero attached hydrogens (tertiary/aromatic N) is 4. The van der Waals surface area contributed by atoms with Crippen LogP contribution in [0.15, 0.2) is 24.3 Å². The van der Waals surface area contributed by atoms with Gasteiger partial charge in [-0.15, -0.1) is 0 Å². The van der Waals surface area contributed by atoms with E-state index in [9.17, 15) is 34.5 Å². The molecule has 0 bridgehead atoms. The van der Waals surface area contributed by atoms with Gasteiger partial charge in [0.2, 0.25) is 0 Å². The predicted molar refractivity (Wildman–Crippen MR) is 246 cm³/mol. The number of esters is 1. The third kappa shape index (κ3) is 17.9. The minimum Gasteiger partial charge on any atom is -0.870 e. The molecule has 0 amide bonds. The number of Topliss-reactive ketones (excluding diaryl/α,β-unsaturated/α-hetero) is 2. The van der Waals surface area contributed by atoms with Crippen LogP contribution in [0.3, 0.4) is 0 Å². The van der Waals surface area contributed by atoms with E-state index in [0.717, 1.165) is 127 Å². The molecule has 65 heavy (non-hydrogen) atoms. The van der Waals surface area contributed by atoms with Gasteiger partial charge in [0.1, 0.15) is 23.2 Å². The molecule has 2 aromatic heterocycles. The number of aliphatic carboxylic acids is 1. The second-order valence-electron chi connectivity index (χ2n) is 18.2. The maximum atomic E-state index is 12.3. The van der Waals surface area contributed by atoms with Gasteiger partial charge in [-0.3, -0.25) is 9.59 Å². The Morgan fingerprint density at radius 3 is 1.51 bits per heavy atom. The average molecular weight is 905 g/mol. The van der Waals surface area contributed by atoms with Gasteiger partial charge in [-0.1, -0.05) is 25.0 Å². The van der Waals surface area contributed by atoms with E-state index < -0.39 is 35.0 Å². The number of aryl methyl sites for hydroxylation is 4. The number of aromatic nitrogens is 2. The number of ketones is 2. The first-order chi connectivity index (χ1) is 29.8. The summed E-state index contributed by atoms with van der Waals surface area (Å²) in [6.07, 6.45) is 15.0. The summed E-state index contributed by atoms with van der Waals surface area (Å²) in [7, 11) is 0. The molecule has 4 aliphatic heterocycles. The zero-order valence-electron chi connectivity index (χ0n) is 39.7. The van der Waals surface area contributed by atoms with Crippen molar-refractivity contribution < 1.29 is 69.0 Å². The number of carbonyl (C=O) groups is 4. The van der Waals surface area contributed by atoms with E-state index in [4.69, 9.17) is 14.7 Å². The SMILES string of the molecule is CC(=O)CC(C(=O)O)C1(O)CCN(CCCCCc2ccc3c(n2)NCCC3)CC1.CCOC(=O)C(CC(C)=O)C1(O)CCN(CCCCCc2ccc3c(n2)NCCC3)CC1.O.[Li+].[OH-].